The predicted octanol–water partition coefficient (Wildman–Crippen LogP) is 5.92. The quantitative estimate of drug-likeness (QED) is 0.609. The molecule has 21 heavy (non-hydrogen) atoms. The third-order valence-corrected chi connectivity index (χ3v) is 4.91. The van der Waals surface area contributed by atoms with E-state index in [2.05, 4.69) is 53.2 Å². The van der Waals surface area contributed by atoms with Gasteiger partial charge in [-0.2, -0.15) is 0 Å². The summed E-state index contributed by atoms with van der Waals surface area (Å²) < 4.78 is 16.4. The fourth-order valence-corrected chi connectivity index (χ4v) is 2.68. The van der Waals surface area contributed by atoms with Gasteiger partial charge in [0.1, 0.15) is 11.6 Å². The monoisotopic (exact) mass is 374 g/mol. The van der Waals surface area contributed by atoms with Crippen LogP contribution in [0.3, 0.4) is 0 Å². The summed E-state index contributed by atoms with van der Waals surface area (Å²) in [6.07, 6.45) is 0. The second-order valence-electron chi connectivity index (χ2n) is 6.72. The Balaban J connectivity index is 2.58. The summed E-state index contributed by atoms with van der Waals surface area (Å²) >= 11 is 9.48. The molecule has 0 aliphatic carbocycles. The minimum absolute atomic E-state index is 0.164. The third kappa shape index (κ3) is 3.42. The van der Waals surface area contributed by atoms with Gasteiger partial charge in [-0.05, 0) is 40.3 Å². The first kappa shape index (κ1) is 16.8. The van der Waals surface area contributed by atoms with Gasteiger partial charge in [-0.1, -0.05) is 27.7 Å². The molecule has 0 saturated carbocycles. The molecule has 0 saturated heterocycles. The molecule has 0 N–H and O–H groups in total. The van der Waals surface area contributed by atoms with Gasteiger partial charge in [0.2, 0.25) is 0 Å². The van der Waals surface area contributed by atoms with Crippen LogP contribution in [0.4, 0.5) is 4.39 Å². The van der Waals surface area contributed by atoms with Crippen LogP contribution < -0.4 is 0 Å². The average Bonchev–Trinajstić information content (AvgIpc) is 2.67. The van der Waals surface area contributed by atoms with Crippen molar-refractivity contribution in [2.75, 3.05) is 0 Å². The maximum atomic E-state index is 13.9. The maximum absolute atomic E-state index is 13.9. The summed E-state index contributed by atoms with van der Waals surface area (Å²) in [5.41, 5.74) is 1.73. The zero-order valence-electron chi connectivity index (χ0n) is 13.0. The lowest BCUT2D eigenvalue weighted by molar-refractivity contribution is 0.233. The first-order valence-corrected chi connectivity index (χ1v) is 8.33. The normalized spacial score (nSPS) is 15.4. The van der Waals surface area contributed by atoms with Crippen molar-refractivity contribution in [3.8, 4) is 0 Å². The molecule has 5 heteroatoms. The SMILES string of the molecule is CC(Cl)c1nc2cc(Br)c(F)cc2n1CC(C)C(C)(C)C. The highest BCUT2D eigenvalue weighted by molar-refractivity contribution is 9.10. The Morgan fingerprint density at radius 2 is 1.95 bits per heavy atom. The fraction of sp³-hybridized carbons (Fsp3) is 0.562. The molecule has 1 heterocycles. The van der Waals surface area contributed by atoms with Gasteiger partial charge in [0.25, 0.3) is 0 Å². The minimum atomic E-state index is -0.277. The van der Waals surface area contributed by atoms with Gasteiger partial charge in [-0.25, -0.2) is 9.37 Å². The van der Waals surface area contributed by atoms with Crippen molar-refractivity contribution in [2.45, 2.75) is 46.5 Å². The Morgan fingerprint density at radius 3 is 2.48 bits per heavy atom. The number of aromatic nitrogens is 2. The Morgan fingerprint density at radius 1 is 1.33 bits per heavy atom. The van der Waals surface area contributed by atoms with E-state index >= 15 is 0 Å². The summed E-state index contributed by atoms with van der Waals surface area (Å²) in [6, 6.07) is 3.25. The topological polar surface area (TPSA) is 17.8 Å². The lowest BCUT2D eigenvalue weighted by Gasteiger charge is -2.28. The van der Waals surface area contributed by atoms with E-state index in [0.717, 1.165) is 23.4 Å². The fourth-order valence-electron chi connectivity index (χ4n) is 2.18. The minimum Gasteiger partial charge on any atom is -0.326 e. The molecule has 1 aromatic heterocycles. The standard InChI is InChI=1S/C16H21BrClFN2/c1-9(16(3,4)5)8-21-14-7-12(19)11(17)6-13(14)20-15(21)10(2)18/h6-7,9-10H,8H2,1-5H3. The molecule has 0 bridgehead atoms. The average molecular weight is 376 g/mol. The second kappa shape index (κ2) is 5.88. The third-order valence-electron chi connectivity index (χ3n) is 4.11. The molecule has 0 radical (unpaired) electrons. The number of hydrogen-bond donors (Lipinski definition) is 0. The van der Waals surface area contributed by atoms with Crippen LogP contribution >= 0.6 is 27.5 Å². The highest BCUT2D eigenvalue weighted by Crippen LogP contribution is 2.32. The molecule has 0 aliphatic heterocycles. The van der Waals surface area contributed by atoms with Crippen molar-refractivity contribution in [3.63, 3.8) is 0 Å². The summed E-state index contributed by atoms with van der Waals surface area (Å²) in [7, 11) is 0. The summed E-state index contributed by atoms with van der Waals surface area (Å²) in [5, 5.41) is -0.216. The van der Waals surface area contributed by atoms with E-state index in [-0.39, 0.29) is 16.6 Å². The van der Waals surface area contributed by atoms with Crippen LogP contribution in [-0.4, -0.2) is 9.55 Å². The highest BCUT2D eigenvalue weighted by Gasteiger charge is 2.24. The lowest BCUT2D eigenvalue weighted by Crippen LogP contribution is -2.23. The molecule has 0 spiro atoms. The largest absolute Gasteiger partial charge is 0.326 e. The molecular formula is C16H21BrClFN2. The van der Waals surface area contributed by atoms with E-state index in [0.29, 0.717) is 10.4 Å². The number of fused-ring (bicyclic) bond motifs is 1. The van der Waals surface area contributed by atoms with Crippen LogP contribution in [-0.2, 0) is 6.54 Å². The van der Waals surface area contributed by atoms with Crippen molar-refractivity contribution in [2.24, 2.45) is 11.3 Å². The Labute approximate surface area is 138 Å². The number of imidazole rings is 1. The smallest absolute Gasteiger partial charge is 0.139 e. The maximum Gasteiger partial charge on any atom is 0.139 e. The van der Waals surface area contributed by atoms with Crippen LogP contribution in [0.1, 0.15) is 45.8 Å². The number of benzene rings is 1. The van der Waals surface area contributed by atoms with Gasteiger partial charge in [0.15, 0.2) is 0 Å². The van der Waals surface area contributed by atoms with Crippen LogP contribution in [0.15, 0.2) is 16.6 Å². The number of rotatable bonds is 3. The zero-order chi connectivity index (χ0) is 15.9. The summed E-state index contributed by atoms with van der Waals surface area (Å²) in [5.74, 6) is 0.928. The van der Waals surface area contributed by atoms with Crippen molar-refractivity contribution in [1.29, 1.82) is 0 Å². The van der Waals surface area contributed by atoms with Gasteiger partial charge >= 0.3 is 0 Å². The molecule has 2 nitrogen and oxygen atoms in total. The molecule has 1 aromatic carbocycles. The molecule has 0 fully saturated rings. The van der Waals surface area contributed by atoms with Gasteiger partial charge < -0.3 is 4.57 Å². The van der Waals surface area contributed by atoms with Crippen LogP contribution in [0.2, 0.25) is 0 Å². The molecule has 2 unspecified atom stereocenters. The van der Waals surface area contributed by atoms with Gasteiger partial charge in [-0.15, -0.1) is 11.6 Å². The Kier molecular flexibility index (Phi) is 4.69. The first-order chi connectivity index (χ1) is 9.61. The van der Waals surface area contributed by atoms with E-state index in [1.54, 1.807) is 6.07 Å². The van der Waals surface area contributed by atoms with Crippen molar-refractivity contribution in [1.82, 2.24) is 9.55 Å². The highest BCUT2D eigenvalue weighted by atomic mass is 79.9. The number of nitrogens with zero attached hydrogens (tertiary/aromatic N) is 2. The number of alkyl halides is 1. The first-order valence-electron chi connectivity index (χ1n) is 7.10. The van der Waals surface area contributed by atoms with E-state index in [1.165, 1.54) is 6.07 Å². The molecule has 2 rings (SSSR count). The molecule has 116 valence electrons. The Hall–Kier alpha value is -0.610. The molecular weight excluding hydrogens is 355 g/mol. The van der Waals surface area contributed by atoms with Gasteiger partial charge in [-0.3, -0.25) is 0 Å². The van der Waals surface area contributed by atoms with E-state index in [9.17, 15) is 4.39 Å². The number of halogens is 3. The lowest BCUT2D eigenvalue weighted by atomic mass is 9.82. The van der Waals surface area contributed by atoms with E-state index < -0.39 is 0 Å². The van der Waals surface area contributed by atoms with Crippen LogP contribution in [0.5, 0.6) is 0 Å². The zero-order valence-corrected chi connectivity index (χ0v) is 15.4. The van der Waals surface area contributed by atoms with Crippen molar-refractivity contribution in [3.05, 3.63) is 28.2 Å². The Bertz CT molecular complexity index is 658. The van der Waals surface area contributed by atoms with E-state index in [1.807, 2.05) is 6.92 Å². The number of hydrogen-bond acceptors (Lipinski definition) is 1. The molecule has 2 atom stereocenters. The van der Waals surface area contributed by atoms with Crippen LogP contribution in [0.25, 0.3) is 11.0 Å². The molecule has 0 aliphatic rings. The molecule has 0 amide bonds. The van der Waals surface area contributed by atoms with Crippen LogP contribution in [0, 0.1) is 17.2 Å². The van der Waals surface area contributed by atoms with Gasteiger partial charge in [0.05, 0.1) is 20.9 Å². The summed E-state index contributed by atoms with van der Waals surface area (Å²) in [4.78, 5) is 4.58. The second-order valence-corrected chi connectivity index (χ2v) is 8.23. The van der Waals surface area contributed by atoms with Crippen molar-refractivity contribution >= 4 is 38.6 Å². The van der Waals surface area contributed by atoms with Gasteiger partial charge in [0, 0.05) is 12.6 Å². The van der Waals surface area contributed by atoms with Crippen molar-refractivity contribution < 1.29 is 4.39 Å². The van der Waals surface area contributed by atoms with E-state index in [4.69, 9.17) is 11.6 Å². The molecule has 2 aromatic rings. The summed E-state index contributed by atoms with van der Waals surface area (Å²) in [6.45, 7) is 11.5. The predicted molar refractivity (Wildman–Crippen MR) is 90.3 cm³/mol.